The van der Waals surface area contributed by atoms with Crippen LogP contribution in [0.3, 0.4) is 0 Å². The van der Waals surface area contributed by atoms with Crippen molar-refractivity contribution in [3.8, 4) is 0 Å². The van der Waals surface area contributed by atoms with E-state index in [2.05, 4.69) is 5.32 Å². The molecule has 2 bridgehead atoms. The van der Waals surface area contributed by atoms with Crippen LogP contribution in [0.2, 0.25) is 0 Å². The number of aromatic nitrogens is 2. The van der Waals surface area contributed by atoms with Gasteiger partial charge in [0.15, 0.2) is 0 Å². The molecule has 0 spiro atoms. The van der Waals surface area contributed by atoms with Crippen LogP contribution in [-0.4, -0.2) is 28.1 Å². The Labute approximate surface area is 198 Å². The van der Waals surface area contributed by atoms with E-state index in [-0.39, 0.29) is 35.3 Å². The van der Waals surface area contributed by atoms with Crippen molar-refractivity contribution in [2.75, 3.05) is 18.2 Å². The molecule has 0 atom stereocenters. The molecule has 32 heavy (non-hydrogen) atoms. The van der Waals surface area contributed by atoms with Gasteiger partial charge in [0, 0.05) is 34.5 Å². The predicted octanol–water partition coefficient (Wildman–Crippen LogP) is 2.64. The quantitative estimate of drug-likeness (QED) is 0.551. The number of anilines is 2. The molecule has 3 aliphatic carbocycles. The number of nitrogen functional groups attached to an aromatic ring is 1. The molecule has 9 nitrogen and oxygen atoms in total. The number of methoxy groups -OCH3 is 1. The molecule has 3 fully saturated rings. The maximum Gasteiger partial charge on any atom is 0.332 e. The van der Waals surface area contributed by atoms with Crippen LogP contribution in [0, 0.1) is 10.8 Å². The smallest absolute Gasteiger partial charge is 0.332 e. The van der Waals surface area contributed by atoms with E-state index >= 15 is 0 Å². The number of amides is 1. The summed E-state index contributed by atoms with van der Waals surface area (Å²) in [5.74, 6) is -1.68. The number of carbonyl (C=O) groups is 2. The van der Waals surface area contributed by atoms with Gasteiger partial charge in [-0.1, -0.05) is 13.8 Å². The molecule has 1 aromatic heterocycles. The molecule has 0 aromatic carbocycles. The SMILES string of the molecule is [2H]C([2H])([2H])C([2H])([2H])C([2H])([2H])n1c(N)c(NC(=O)C23CCC(CCC(=O)OC)(CC2)CC3)c(=O)n(CCC)c1=O. The van der Waals surface area contributed by atoms with Crippen molar-refractivity contribution >= 4 is 23.4 Å². The zero-order valence-electron chi connectivity index (χ0n) is 25.6. The molecule has 178 valence electrons. The van der Waals surface area contributed by atoms with E-state index in [1.54, 1.807) is 6.92 Å². The molecule has 1 amide bonds. The maximum absolute atomic E-state index is 13.6. The van der Waals surface area contributed by atoms with Crippen LogP contribution in [0.25, 0.3) is 0 Å². The fourth-order valence-electron chi connectivity index (χ4n) is 5.06. The van der Waals surface area contributed by atoms with Crippen LogP contribution >= 0.6 is 0 Å². The molecule has 3 saturated carbocycles. The van der Waals surface area contributed by atoms with Gasteiger partial charge in [-0.3, -0.25) is 23.5 Å². The first-order valence-electron chi connectivity index (χ1n) is 14.4. The lowest BCUT2D eigenvalue weighted by Crippen LogP contribution is -2.49. The van der Waals surface area contributed by atoms with Crippen LogP contribution < -0.4 is 22.3 Å². The van der Waals surface area contributed by atoms with E-state index in [0.29, 0.717) is 49.5 Å². The van der Waals surface area contributed by atoms with E-state index in [0.717, 1.165) is 0 Å². The summed E-state index contributed by atoms with van der Waals surface area (Å²) in [5.41, 5.74) is 2.24. The Kier molecular flexibility index (Phi) is 4.78. The number of nitrogens with zero attached hydrogens (tertiary/aromatic N) is 2. The highest BCUT2D eigenvalue weighted by molar-refractivity contribution is 5.97. The highest BCUT2D eigenvalue weighted by Gasteiger charge is 2.52. The zero-order valence-corrected chi connectivity index (χ0v) is 18.6. The van der Waals surface area contributed by atoms with Crippen LogP contribution in [0.4, 0.5) is 11.5 Å². The molecule has 0 saturated heterocycles. The van der Waals surface area contributed by atoms with Crippen molar-refractivity contribution in [1.82, 2.24) is 9.13 Å². The summed E-state index contributed by atoms with van der Waals surface area (Å²) >= 11 is 0. The van der Waals surface area contributed by atoms with Crippen molar-refractivity contribution in [1.29, 1.82) is 0 Å². The Morgan fingerprint density at radius 3 is 2.41 bits per heavy atom. The van der Waals surface area contributed by atoms with Crippen molar-refractivity contribution in [2.45, 2.75) is 91.0 Å². The van der Waals surface area contributed by atoms with E-state index in [4.69, 9.17) is 20.1 Å². The summed E-state index contributed by atoms with van der Waals surface area (Å²) in [6.07, 6.45) is 1.16. The lowest BCUT2D eigenvalue weighted by molar-refractivity contribution is -0.144. The highest BCUT2D eigenvalue weighted by Crippen LogP contribution is 2.59. The Morgan fingerprint density at radius 1 is 1.19 bits per heavy atom. The van der Waals surface area contributed by atoms with Gasteiger partial charge >= 0.3 is 11.7 Å². The minimum Gasteiger partial charge on any atom is -0.469 e. The first-order valence-corrected chi connectivity index (χ1v) is 10.9. The summed E-state index contributed by atoms with van der Waals surface area (Å²) in [6.45, 7) is -5.53. The van der Waals surface area contributed by atoms with Crippen LogP contribution in [0.1, 0.15) is 87.5 Å². The Bertz CT molecular complexity index is 1230. The molecule has 0 radical (unpaired) electrons. The Hall–Kier alpha value is -2.58. The largest absolute Gasteiger partial charge is 0.469 e. The van der Waals surface area contributed by atoms with E-state index < -0.39 is 53.8 Å². The summed E-state index contributed by atoms with van der Waals surface area (Å²) in [7, 11) is 1.34. The third-order valence-electron chi connectivity index (χ3n) is 7.20. The molecule has 9 heteroatoms. The fraction of sp³-hybridized carbons (Fsp3) is 0.739. The summed E-state index contributed by atoms with van der Waals surface area (Å²) in [5, 5.41) is 2.50. The third kappa shape index (κ3) is 4.34. The maximum atomic E-state index is 13.6. The van der Waals surface area contributed by atoms with Gasteiger partial charge in [-0.05, 0) is 63.2 Å². The average molecular weight is 456 g/mol. The Morgan fingerprint density at radius 2 is 1.84 bits per heavy atom. The minimum absolute atomic E-state index is 0.0762. The number of esters is 1. The number of nitrogens with one attached hydrogen (secondary N) is 1. The van der Waals surface area contributed by atoms with Gasteiger partial charge in [-0.15, -0.1) is 0 Å². The average Bonchev–Trinajstić information content (AvgIpc) is 2.87. The van der Waals surface area contributed by atoms with Gasteiger partial charge in [0.2, 0.25) is 5.91 Å². The molecule has 0 unspecified atom stereocenters. The molecule has 3 aliphatic rings. The lowest BCUT2D eigenvalue weighted by Gasteiger charge is -2.52. The first-order chi connectivity index (χ1) is 17.9. The standard InChI is InChI=1S/C23H36N4O5/c1-4-14-26-18(24)17(19(29)27(15-5-2)21(26)31)25-20(30)23-11-8-22(9-12-23,10-13-23)7-6-16(28)32-3/h4-15,24H2,1-3H3,(H,25,30)/i1D3,4D2,14D2. The monoisotopic (exact) mass is 455 g/mol. The number of fused-ring (bicyclic) bond motifs is 3. The fourth-order valence-corrected chi connectivity index (χ4v) is 5.06. The normalized spacial score (nSPS) is 28.9. The number of hydrogen-bond donors (Lipinski definition) is 2. The first kappa shape index (κ1) is 16.1. The number of rotatable bonds is 9. The second kappa shape index (κ2) is 9.50. The van der Waals surface area contributed by atoms with E-state index in [1.165, 1.54) is 7.11 Å². The molecular weight excluding hydrogens is 412 g/mol. The van der Waals surface area contributed by atoms with Crippen molar-refractivity contribution in [3.05, 3.63) is 20.8 Å². The second-order valence-electron chi connectivity index (χ2n) is 8.88. The number of ether oxygens (including phenoxy) is 1. The number of hydrogen-bond acceptors (Lipinski definition) is 6. The summed E-state index contributed by atoms with van der Waals surface area (Å²) < 4.78 is 60.6. The predicted molar refractivity (Wildman–Crippen MR) is 122 cm³/mol. The second-order valence-corrected chi connectivity index (χ2v) is 8.88. The van der Waals surface area contributed by atoms with Crippen molar-refractivity contribution in [3.63, 3.8) is 0 Å². The molecule has 4 rings (SSSR count). The topological polar surface area (TPSA) is 125 Å². The minimum atomic E-state index is -3.58. The van der Waals surface area contributed by atoms with Gasteiger partial charge in [0.25, 0.3) is 5.56 Å². The third-order valence-corrected chi connectivity index (χ3v) is 7.20. The molecule has 1 aromatic rings. The zero-order chi connectivity index (χ0) is 29.6. The Balaban J connectivity index is 2.00. The van der Waals surface area contributed by atoms with Crippen molar-refractivity contribution in [2.24, 2.45) is 10.8 Å². The van der Waals surface area contributed by atoms with E-state index in [1.807, 2.05) is 0 Å². The van der Waals surface area contributed by atoms with Gasteiger partial charge in [0.1, 0.15) is 11.5 Å². The van der Waals surface area contributed by atoms with Crippen LogP contribution in [0.15, 0.2) is 9.59 Å². The van der Waals surface area contributed by atoms with Crippen LogP contribution in [0.5, 0.6) is 0 Å². The van der Waals surface area contributed by atoms with Gasteiger partial charge in [0.05, 0.1) is 7.11 Å². The van der Waals surface area contributed by atoms with Crippen molar-refractivity contribution < 1.29 is 23.9 Å². The van der Waals surface area contributed by atoms with Gasteiger partial charge < -0.3 is 15.8 Å². The highest BCUT2D eigenvalue weighted by atomic mass is 16.5. The molecule has 1 heterocycles. The molecule has 3 N–H and O–H groups in total. The number of carbonyl (C=O) groups excluding carboxylic acids is 2. The summed E-state index contributed by atoms with van der Waals surface area (Å²) in [4.78, 5) is 51.7. The van der Waals surface area contributed by atoms with Crippen LogP contribution in [-0.2, 0) is 27.4 Å². The summed E-state index contributed by atoms with van der Waals surface area (Å²) in [6, 6.07) is 0. The van der Waals surface area contributed by atoms with Gasteiger partial charge in [-0.2, -0.15) is 0 Å². The van der Waals surface area contributed by atoms with E-state index in [9.17, 15) is 19.2 Å². The van der Waals surface area contributed by atoms with Gasteiger partial charge in [-0.25, -0.2) is 4.79 Å². The molecule has 0 aliphatic heterocycles. The number of nitrogens with two attached hydrogens (primary N) is 1. The molecular formula is C23H36N4O5. The lowest BCUT2D eigenvalue weighted by atomic mass is 9.52.